The second-order valence-electron chi connectivity index (χ2n) is 3.43. The van der Waals surface area contributed by atoms with Crippen LogP contribution in [-0.4, -0.2) is 0 Å². The lowest BCUT2D eigenvalue weighted by Crippen LogP contribution is -1.92. The molecule has 0 aliphatic carbocycles. The van der Waals surface area contributed by atoms with Crippen molar-refractivity contribution in [1.82, 2.24) is 0 Å². The highest BCUT2D eigenvalue weighted by atomic mass is 14.0. The number of hydrogen-bond donors (Lipinski definition) is 0. The largest absolute Gasteiger partial charge is 0.0885 e. The van der Waals surface area contributed by atoms with Gasteiger partial charge in [0.1, 0.15) is 0 Å². The van der Waals surface area contributed by atoms with Gasteiger partial charge in [-0.3, -0.25) is 0 Å². The molecule has 0 fully saturated rings. The molecule has 0 atom stereocenters. The van der Waals surface area contributed by atoms with Gasteiger partial charge in [0.25, 0.3) is 0 Å². The van der Waals surface area contributed by atoms with E-state index in [-0.39, 0.29) is 0 Å². The van der Waals surface area contributed by atoms with Gasteiger partial charge in [0.2, 0.25) is 0 Å². The smallest absolute Gasteiger partial charge is 0.0136 e. The molecule has 0 aliphatic heterocycles. The van der Waals surface area contributed by atoms with Crippen molar-refractivity contribution in [3.8, 4) is 0 Å². The summed E-state index contributed by atoms with van der Waals surface area (Å²) in [6.45, 7) is 8.91. The Morgan fingerprint density at radius 1 is 1.08 bits per heavy atom. The molecule has 0 N–H and O–H groups in total. The van der Waals surface area contributed by atoms with Gasteiger partial charge >= 0.3 is 0 Å². The van der Waals surface area contributed by atoms with Crippen LogP contribution in [0.25, 0.3) is 0 Å². The summed E-state index contributed by atoms with van der Waals surface area (Å²) in [5, 5.41) is 0. The molecule has 70 valence electrons. The monoisotopic (exact) mass is 166 g/mol. The van der Waals surface area contributed by atoms with E-state index in [0.717, 1.165) is 19.3 Å². The Kier molecular flexibility index (Phi) is 6.84. The fourth-order valence-electron chi connectivity index (χ4n) is 1.20. The molecule has 0 amide bonds. The predicted octanol–water partition coefficient (Wildman–Crippen LogP) is 4.34. The quantitative estimate of drug-likeness (QED) is 0.533. The summed E-state index contributed by atoms with van der Waals surface area (Å²) in [5.41, 5.74) is 1.57. The highest BCUT2D eigenvalue weighted by Gasteiger charge is 1.98. The molecule has 0 aliphatic rings. The first kappa shape index (κ1) is 11.5. The Hall–Kier alpha value is -0.520. The fourth-order valence-corrected chi connectivity index (χ4v) is 1.20. The number of rotatable bonds is 5. The van der Waals surface area contributed by atoms with Crippen LogP contribution in [0.1, 0.15) is 47.0 Å². The Morgan fingerprint density at radius 2 is 1.75 bits per heavy atom. The molecule has 0 rings (SSSR count). The summed E-state index contributed by atoms with van der Waals surface area (Å²) in [4.78, 5) is 0. The molecule has 0 spiro atoms. The van der Waals surface area contributed by atoms with E-state index in [1.807, 2.05) is 0 Å². The van der Waals surface area contributed by atoms with E-state index in [2.05, 4.69) is 45.9 Å². The van der Waals surface area contributed by atoms with Crippen molar-refractivity contribution in [1.29, 1.82) is 0 Å². The minimum Gasteiger partial charge on any atom is -0.0885 e. The van der Waals surface area contributed by atoms with E-state index in [0.29, 0.717) is 5.92 Å². The zero-order valence-electron chi connectivity index (χ0n) is 8.93. The molecular weight excluding hydrogens is 144 g/mol. The van der Waals surface area contributed by atoms with E-state index >= 15 is 0 Å². The van der Waals surface area contributed by atoms with Crippen molar-refractivity contribution in [3.05, 3.63) is 23.8 Å². The first-order valence-corrected chi connectivity index (χ1v) is 5.06. The molecule has 0 nitrogen and oxygen atoms in total. The molecule has 0 unspecified atom stereocenters. The molecule has 12 heavy (non-hydrogen) atoms. The standard InChI is InChI=1S/C12H22/c1-5-7-8-10-12(9-6-2)11(3)4/h7-9,11H,5-6,10H2,1-4H3/b8-7-,12-9+. The van der Waals surface area contributed by atoms with Gasteiger partial charge in [-0.15, -0.1) is 0 Å². The maximum Gasteiger partial charge on any atom is -0.0136 e. The third-order valence-electron chi connectivity index (χ3n) is 1.96. The molecule has 0 bridgehead atoms. The second kappa shape index (κ2) is 7.15. The molecule has 0 aromatic carbocycles. The van der Waals surface area contributed by atoms with Crippen molar-refractivity contribution in [3.63, 3.8) is 0 Å². The maximum absolute atomic E-state index is 2.35. The van der Waals surface area contributed by atoms with E-state index in [1.165, 1.54) is 0 Å². The fraction of sp³-hybridized carbons (Fsp3) is 0.667. The second-order valence-corrected chi connectivity index (χ2v) is 3.43. The van der Waals surface area contributed by atoms with Crippen molar-refractivity contribution < 1.29 is 0 Å². The molecule has 0 aromatic heterocycles. The van der Waals surface area contributed by atoms with Crippen LogP contribution < -0.4 is 0 Å². The zero-order chi connectivity index (χ0) is 9.40. The molecule has 0 saturated heterocycles. The van der Waals surface area contributed by atoms with Crippen molar-refractivity contribution in [2.24, 2.45) is 5.92 Å². The van der Waals surface area contributed by atoms with E-state index in [1.54, 1.807) is 5.57 Å². The third-order valence-corrected chi connectivity index (χ3v) is 1.96. The van der Waals surface area contributed by atoms with Gasteiger partial charge in [-0.25, -0.2) is 0 Å². The maximum atomic E-state index is 2.35. The van der Waals surface area contributed by atoms with Gasteiger partial charge in [0.05, 0.1) is 0 Å². The zero-order valence-corrected chi connectivity index (χ0v) is 8.93. The highest BCUT2D eigenvalue weighted by molar-refractivity contribution is 5.09. The van der Waals surface area contributed by atoms with Crippen LogP contribution >= 0.6 is 0 Å². The van der Waals surface area contributed by atoms with Gasteiger partial charge in [0, 0.05) is 0 Å². The van der Waals surface area contributed by atoms with Gasteiger partial charge in [0.15, 0.2) is 0 Å². The summed E-state index contributed by atoms with van der Waals surface area (Å²) in [7, 11) is 0. The van der Waals surface area contributed by atoms with Crippen LogP contribution in [0.5, 0.6) is 0 Å². The van der Waals surface area contributed by atoms with Crippen LogP contribution in [0.15, 0.2) is 23.8 Å². The lowest BCUT2D eigenvalue weighted by molar-refractivity contribution is 0.740. The normalized spacial score (nSPS) is 13.2. The summed E-state index contributed by atoms with van der Waals surface area (Å²) in [5.74, 6) is 0.700. The van der Waals surface area contributed by atoms with Gasteiger partial charge in [-0.1, -0.05) is 51.5 Å². The first-order chi connectivity index (χ1) is 5.72. The first-order valence-electron chi connectivity index (χ1n) is 5.06. The SMILES string of the molecule is CC/C=C\C/C(=C\CC)C(C)C. The van der Waals surface area contributed by atoms with Crippen molar-refractivity contribution >= 4 is 0 Å². The summed E-state index contributed by atoms with van der Waals surface area (Å²) in [6.07, 6.45) is 10.3. The topological polar surface area (TPSA) is 0 Å². The lowest BCUT2D eigenvalue weighted by atomic mass is 9.99. The molecule has 0 radical (unpaired) electrons. The molecule has 0 heterocycles. The summed E-state index contributed by atoms with van der Waals surface area (Å²) < 4.78 is 0. The van der Waals surface area contributed by atoms with E-state index in [4.69, 9.17) is 0 Å². The Morgan fingerprint density at radius 3 is 2.17 bits per heavy atom. The Balaban J connectivity index is 3.97. The highest BCUT2D eigenvalue weighted by Crippen LogP contribution is 2.15. The van der Waals surface area contributed by atoms with Gasteiger partial charge in [-0.05, 0) is 25.2 Å². The summed E-state index contributed by atoms with van der Waals surface area (Å²) >= 11 is 0. The van der Waals surface area contributed by atoms with Gasteiger partial charge < -0.3 is 0 Å². The van der Waals surface area contributed by atoms with Crippen LogP contribution in [0, 0.1) is 5.92 Å². The lowest BCUT2D eigenvalue weighted by Gasteiger charge is -2.08. The van der Waals surface area contributed by atoms with E-state index < -0.39 is 0 Å². The van der Waals surface area contributed by atoms with Crippen molar-refractivity contribution in [2.45, 2.75) is 47.0 Å². The van der Waals surface area contributed by atoms with Gasteiger partial charge in [-0.2, -0.15) is 0 Å². The average Bonchev–Trinajstić information content (AvgIpc) is 2.03. The third kappa shape index (κ3) is 5.17. The average molecular weight is 166 g/mol. The molecule has 0 saturated carbocycles. The molecule has 0 heteroatoms. The summed E-state index contributed by atoms with van der Waals surface area (Å²) in [6, 6.07) is 0. The minimum absolute atomic E-state index is 0.700. The Bertz CT molecular complexity index is 149. The minimum atomic E-state index is 0.700. The Labute approximate surface area is 77.4 Å². The van der Waals surface area contributed by atoms with E-state index in [9.17, 15) is 0 Å². The van der Waals surface area contributed by atoms with Crippen LogP contribution in [0.3, 0.4) is 0 Å². The van der Waals surface area contributed by atoms with Crippen LogP contribution in [0.4, 0.5) is 0 Å². The molecular formula is C12H22. The number of allylic oxidation sites excluding steroid dienone is 4. The van der Waals surface area contributed by atoms with Crippen LogP contribution in [0.2, 0.25) is 0 Å². The predicted molar refractivity (Wildman–Crippen MR) is 57.3 cm³/mol. The van der Waals surface area contributed by atoms with Crippen LogP contribution in [-0.2, 0) is 0 Å². The number of hydrogen-bond acceptors (Lipinski definition) is 0. The van der Waals surface area contributed by atoms with Crippen molar-refractivity contribution in [2.75, 3.05) is 0 Å². The molecule has 0 aromatic rings.